The Morgan fingerprint density at radius 3 is 2.43 bits per heavy atom. The molecule has 1 saturated carbocycles. The summed E-state index contributed by atoms with van der Waals surface area (Å²) in [7, 11) is 2.10. The van der Waals surface area contributed by atoms with Crippen molar-refractivity contribution < 1.29 is 14.3 Å². The Morgan fingerprint density at radius 1 is 1.29 bits per heavy atom. The SMILES string of the molecule is CN(CCNC(=O)OC(C)(C)C)C1CCC(CC=O)CC1. The fraction of sp³-hybridized carbons (Fsp3) is 0.875. The monoisotopic (exact) mass is 298 g/mol. The molecule has 0 unspecified atom stereocenters. The van der Waals surface area contributed by atoms with Crippen LogP contribution in [0.1, 0.15) is 52.9 Å². The van der Waals surface area contributed by atoms with E-state index >= 15 is 0 Å². The van der Waals surface area contributed by atoms with Crippen molar-refractivity contribution in [2.45, 2.75) is 64.5 Å². The summed E-state index contributed by atoms with van der Waals surface area (Å²) in [6.07, 6.45) is 5.94. The van der Waals surface area contributed by atoms with Crippen LogP contribution in [-0.4, -0.2) is 49.1 Å². The van der Waals surface area contributed by atoms with Gasteiger partial charge in [0.25, 0.3) is 0 Å². The van der Waals surface area contributed by atoms with Crippen molar-refractivity contribution >= 4 is 12.4 Å². The van der Waals surface area contributed by atoms with Gasteiger partial charge in [0.2, 0.25) is 0 Å². The van der Waals surface area contributed by atoms with Crippen molar-refractivity contribution in [2.24, 2.45) is 5.92 Å². The molecule has 0 aliphatic heterocycles. The van der Waals surface area contributed by atoms with E-state index in [0.29, 0.717) is 24.9 Å². The fourth-order valence-electron chi connectivity index (χ4n) is 2.79. The van der Waals surface area contributed by atoms with Gasteiger partial charge >= 0.3 is 6.09 Å². The van der Waals surface area contributed by atoms with Gasteiger partial charge in [-0.05, 0) is 59.4 Å². The summed E-state index contributed by atoms with van der Waals surface area (Å²) >= 11 is 0. The maximum Gasteiger partial charge on any atom is 0.407 e. The zero-order valence-corrected chi connectivity index (χ0v) is 13.9. The standard InChI is InChI=1S/C16H30N2O3/c1-16(2,3)21-15(20)17-10-11-18(4)14-7-5-13(6-8-14)9-12-19/h12-14H,5-11H2,1-4H3,(H,17,20). The molecule has 0 aromatic carbocycles. The number of rotatable bonds is 6. The number of alkyl carbamates (subject to hydrolysis) is 1. The van der Waals surface area contributed by atoms with Crippen LogP contribution in [0, 0.1) is 5.92 Å². The van der Waals surface area contributed by atoms with Gasteiger partial charge in [0.1, 0.15) is 11.9 Å². The van der Waals surface area contributed by atoms with Gasteiger partial charge in [0.05, 0.1) is 0 Å². The third kappa shape index (κ3) is 7.46. The minimum absolute atomic E-state index is 0.356. The van der Waals surface area contributed by atoms with Crippen molar-refractivity contribution in [1.82, 2.24) is 10.2 Å². The van der Waals surface area contributed by atoms with Crippen molar-refractivity contribution in [3.8, 4) is 0 Å². The first-order valence-electron chi connectivity index (χ1n) is 7.92. The van der Waals surface area contributed by atoms with Gasteiger partial charge in [-0.1, -0.05) is 0 Å². The lowest BCUT2D eigenvalue weighted by Gasteiger charge is -2.34. The van der Waals surface area contributed by atoms with E-state index in [1.165, 1.54) is 0 Å². The quantitative estimate of drug-likeness (QED) is 0.766. The second-order valence-corrected chi connectivity index (χ2v) is 6.99. The summed E-state index contributed by atoms with van der Waals surface area (Å²) in [5, 5.41) is 2.79. The van der Waals surface area contributed by atoms with Crippen molar-refractivity contribution in [2.75, 3.05) is 20.1 Å². The van der Waals surface area contributed by atoms with Crippen LogP contribution in [0.15, 0.2) is 0 Å². The number of hydrogen-bond acceptors (Lipinski definition) is 4. The van der Waals surface area contributed by atoms with E-state index in [0.717, 1.165) is 38.5 Å². The average molecular weight is 298 g/mol. The Kier molecular flexibility index (Phi) is 7.15. The average Bonchev–Trinajstić information content (AvgIpc) is 2.37. The topological polar surface area (TPSA) is 58.6 Å². The van der Waals surface area contributed by atoms with Crippen molar-refractivity contribution in [1.29, 1.82) is 0 Å². The highest BCUT2D eigenvalue weighted by Gasteiger charge is 2.23. The van der Waals surface area contributed by atoms with Gasteiger partial charge in [-0.3, -0.25) is 0 Å². The van der Waals surface area contributed by atoms with E-state index in [2.05, 4.69) is 17.3 Å². The van der Waals surface area contributed by atoms with Crippen LogP contribution in [0.25, 0.3) is 0 Å². The van der Waals surface area contributed by atoms with E-state index in [4.69, 9.17) is 4.74 Å². The molecule has 0 spiro atoms. The summed E-state index contributed by atoms with van der Waals surface area (Å²) in [5.74, 6) is 0.576. The van der Waals surface area contributed by atoms with E-state index in [1.54, 1.807) is 0 Å². The third-order valence-corrected chi connectivity index (χ3v) is 4.00. The molecule has 1 aliphatic rings. The number of carbonyl (C=O) groups is 2. The van der Waals surface area contributed by atoms with Gasteiger partial charge in [0.15, 0.2) is 0 Å². The molecule has 0 heterocycles. The van der Waals surface area contributed by atoms with E-state index in [-0.39, 0.29) is 6.09 Å². The summed E-state index contributed by atoms with van der Waals surface area (Å²) < 4.78 is 5.20. The molecular formula is C16H30N2O3. The largest absolute Gasteiger partial charge is 0.444 e. The molecule has 5 heteroatoms. The Balaban J connectivity index is 2.18. The summed E-state index contributed by atoms with van der Waals surface area (Å²) in [6.45, 7) is 6.99. The maximum atomic E-state index is 11.5. The first-order chi connectivity index (χ1) is 9.81. The number of aldehydes is 1. The first-order valence-corrected chi connectivity index (χ1v) is 7.92. The minimum Gasteiger partial charge on any atom is -0.444 e. The molecule has 0 radical (unpaired) electrons. The highest BCUT2D eigenvalue weighted by Crippen LogP contribution is 2.28. The van der Waals surface area contributed by atoms with Crippen molar-refractivity contribution in [3.05, 3.63) is 0 Å². The second kappa shape index (κ2) is 8.37. The third-order valence-electron chi connectivity index (χ3n) is 4.00. The van der Waals surface area contributed by atoms with Gasteiger partial charge in [-0.25, -0.2) is 4.79 Å². The van der Waals surface area contributed by atoms with Crippen LogP contribution in [-0.2, 0) is 9.53 Å². The van der Waals surface area contributed by atoms with Crippen LogP contribution in [0.4, 0.5) is 4.79 Å². The lowest BCUT2D eigenvalue weighted by molar-refractivity contribution is -0.108. The molecule has 1 fully saturated rings. The zero-order valence-electron chi connectivity index (χ0n) is 13.9. The van der Waals surface area contributed by atoms with E-state index in [1.807, 2.05) is 20.8 Å². The van der Waals surface area contributed by atoms with Crippen molar-refractivity contribution in [3.63, 3.8) is 0 Å². The van der Waals surface area contributed by atoms with Gasteiger partial charge in [-0.2, -0.15) is 0 Å². The molecule has 5 nitrogen and oxygen atoms in total. The second-order valence-electron chi connectivity index (χ2n) is 6.99. The number of carbonyl (C=O) groups excluding carboxylic acids is 2. The maximum absolute atomic E-state index is 11.5. The zero-order chi connectivity index (χ0) is 15.9. The Morgan fingerprint density at radius 2 is 1.90 bits per heavy atom. The van der Waals surface area contributed by atoms with Gasteiger partial charge in [-0.15, -0.1) is 0 Å². The Labute approximate surface area is 128 Å². The lowest BCUT2D eigenvalue weighted by atomic mass is 9.84. The molecule has 0 aromatic rings. The molecule has 0 atom stereocenters. The normalized spacial score (nSPS) is 22.9. The molecule has 0 bridgehead atoms. The first kappa shape index (κ1) is 18.0. The number of amides is 1. The molecule has 21 heavy (non-hydrogen) atoms. The highest BCUT2D eigenvalue weighted by molar-refractivity contribution is 5.67. The molecule has 1 amide bonds. The molecule has 1 aliphatic carbocycles. The molecule has 0 aromatic heterocycles. The van der Waals surface area contributed by atoms with Gasteiger partial charge in [0, 0.05) is 25.6 Å². The number of ether oxygens (including phenoxy) is 1. The van der Waals surface area contributed by atoms with Crippen LogP contribution in [0.5, 0.6) is 0 Å². The number of nitrogens with zero attached hydrogens (tertiary/aromatic N) is 1. The molecule has 1 N–H and O–H groups in total. The smallest absolute Gasteiger partial charge is 0.407 e. The number of hydrogen-bond donors (Lipinski definition) is 1. The summed E-state index contributed by atoms with van der Waals surface area (Å²) in [5.41, 5.74) is -0.451. The van der Waals surface area contributed by atoms with Crippen LogP contribution in [0.3, 0.4) is 0 Å². The highest BCUT2D eigenvalue weighted by atomic mass is 16.6. The number of nitrogens with one attached hydrogen (secondary N) is 1. The minimum atomic E-state index is -0.451. The molecule has 0 saturated heterocycles. The van der Waals surface area contributed by atoms with E-state index in [9.17, 15) is 9.59 Å². The number of likely N-dealkylation sites (N-methyl/N-ethyl adjacent to an activating group) is 1. The predicted octanol–water partition coefficient (Wildman–Crippen LogP) is 2.59. The molecule has 122 valence electrons. The van der Waals surface area contributed by atoms with Crippen LogP contribution >= 0.6 is 0 Å². The Hall–Kier alpha value is -1.10. The summed E-state index contributed by atoms with van der Waals surface area (Å²) in [6, 6.07) is 0.563. The van der Waals surface area contributed by atoms with Gasteiger partial charge < -0.3 is 19.7 Å². The predicted molar refractivity (Wildman–Crippen MR) is 83.3 cm³/mol. The van der Waals surface area contributed by atoms with Crippen LogP contribution in [0.2, 0.25) is 0 Å². The summed E-state index contributed by atoms with van der Waals surface area (Å²) in [4.78, 5) is 24.4. The lowest BCUT2D eigenvalue weighted by Crippen LogP contribution is -2.41. The molecule has 1 rings (SSSR count). The Bertz CT molecular complexity index is 331. The fourth-order valence-corrected chi connectivity index (χ4v) is 2.79. The molecular weight excluding hydrogens is 268 g/mol. The van der Waals surface area contributed by atoms with Crippen LogP contribution < -0.4 is 5.32 Å². The van der Waals surface area contributed by atoms with E-state index < -0.39 is 5.60 Å².